The van der Waals surface area contributed by atoms with Crippen molar-refractivity contribution in [2.75, 3.05) is 28.3 Å². The third-order valence-electron chi connectivity index (χ3n) is 7.90. The fraction of sp³-hybridized carbons (Fsp3) is 0.806. The van der Waals surface area contributed by atoms with Crippen LogP contribution in [0.5, 0.6) is 0 Å². The summed E-state index contributed by atoms with van der Waals surface area (Å²) in [6.07, 6.45) is 25.3. The van der Waals surface area contributed by atoms with Gasteiger partial charge in [0.2, 0.25) is 0 Å². The molecule has 0 spiro atoms. The molecule has 3 nitrogen and oxygen atoms in total. The van der Waals surface area contributed by atoms with Crippen molar-refractivity contribution in [2.45, 2.75) is 135 Å². The van der Waals surface area contributed by atoms with Crippen LogP contribution in [0.2, 0.25) is 6.04 Å². The van der Waals surface area contributed by atoms with E-state index in [1.807, 2.05) is 14.2 Å². The van der Waals surface area contributed by atoms with Gasteiger partial charge in [0.25, 0.3) is 0 Å². The highest BCUT2D eigenvalue weighted by Gasteiger charge is 2.37. The van der Waals surface area contributed by atoms with E-state index in [9.17, 15) is 0 Å². The minimum atomic E-state index is -2.31. The summed E-state index contributed by atoms with van der Waals surface area (Å²) in [6, 6.07) is 12.4. The summed E-state index contributed by atoms with van der Waals surface area (Å²) >= 11 is 0. The van der Waals surface area contributed by atoms with Gasteiger partial charge in [-0.2, -0.15) is 0 Å². The quantitative estimate of drug-likeness (QED) is 0.157. The Balaban J connectivity index is 0.0000122. The van der Waals surface area contributed by atoms with Crippen molar-refractivity contribution in [2.24, 2.45) is 0 Å². The summed E-state index contributed by atoms with van der Waals surface area (Å²) in [5.41, 5.74) is 0. The molecule has 0 heterocycles. The van der Waals surface area contributed by atoms with Gasteiger partial charge in [0.1, 0.15) is 0 Å². The first-order valence-electron chi connectivity index (χ1n) is 15.1. The molecule has 1 unspecified atom stereocenters. The van der Waals surface area contributed by atoms with E-state index in [0.717, 1.165) is 12.1 Å². The first kappa shape index (κ1) is 35.6. The van der Waals surface area contributed by atoms with Gasteiger partial charge in [-0.05, 0) is 36.9 Å². The molecule has 1 rings (SSSR count). The van der Waals surface area contributed by atoms with Crippen LogP contribution in [0.4, 0.5) is 0 Å². The molecule has 1 N–H and O–H groups in total. The molecule has 0 radical (unpaired) electrons. The zero-order chi connectivity index (χ0) is 25.6. The number of rotatable bonds is 24. The number of benzene rings is 1. The minimum Gasteiger partial charge on any atom is -1.00 e. The average Bonchev–Trinajstić information content (AvgIpc) is 2.88. The molecule has 0 bridgehead atoms. The summed E-state index contributed by atoms with van der Waals surface area (Å²) in [7, 11) is 5.99. The van der Waals surface area contributed by atoms with E-state index in [-0.39, 0.29) is 12.4 Å². The molecule has 36 heavy (non-hydrogen) atoms. The van der Waals surface area contributed by atoms with E-state index in [1.165, 1.54) is 121 Å². The van der Waals surface area contributed by atoms with Gasteiger partial charge in [-0.25, -0.2) is 0 Å². The minimum absolute atomic E-state index is 0. The topological polar surface area (TPSA) is 22.9 Å². The van der Waals surface area contributed by atoms with Crippen LogP contribution in [-0.2, 0) is 8.85 Å². The normalized spacial score (nSPS) is 12.6. The second-order valence-electron chi connectivity index (χ2n) is 10.9. The molecular weight excluding hydrogens is 482 g/mol. The predicted octanol–water partition coefficient (Wildman–Crippen LogP) is 4.19. The van der Waals surface area contributed by atoms with Crippen LogP contribution in [0.1, 0.15) is 122 Å². The molecule has 0 fully saturated rings. The standard InChI is InChI=1S/C31H59NO2Si.ClH/c1-6-7-8-9-10-11-12-13-14-15-16-17-18-19-21-25-30(32(2)3)26-24-29-35(33-4,34-5)31-27-22-20-23-28-31;/h20,22-23,27-28,30H,6-19,21,24-26,29H2,1-5H3;1H. The van der Waals surface area contributed by atoms with Crippen molar-refractivity contribution >= 4 is 13.7 Å². The number of halogens is 1. The Hall–Kier alpha value is -0.393. The van der Waals surface area contributed by atoms with Crippen molar-refractivity contribution in [3.63, 3.8) is 0 Å². The lowest BCUT2D eigenvalue weighted by atomic mass is 10.0. The summed E-state index contributed by atoms with van der Waals surface area (Å²) in [6.45, 7) is 2.30. The third-order valence-corrected chi connectivity index (χ3v) is 11.4. The fourth-order valence-corrected chi connectivity index (χ4v) is 8.13. The molecule has 212 valence electrons. The summed E-state index contributed by atoms with van der Waals surface area (Å²) in [4.78, 5) is 1.59. The van der Waals surface area contributed by atoms with E-state index in [2.05, 4.69) is 51.4 Å². The van der Waals surface area contributed by atoms with Crippen molar-refractivity contribution in [3.8, 4) is 0 Å². The van der Waals surface area contributed by atoms with Crippen LogP contribution < -0.4 is 22.5 Å². The fourth-order valence-electron chi connectivity index (χ4n) is 5.42. The first-order chi connectivity index (χ1) is 17.1. The second kappa shape index (κ2) is 23.7. The molecule has 0 aliphatic heterocycles. The van der Waals surface area contributed by atoms with E-state index >= 15 is 0 Å². The zero-order valence-corrected chi connectivity index (χ0v) is 26.3. The van der Waals surface area contributed by atoms with E-state index in [1.54, 1.807) is 4.90 Å². The van der Waals surface area contributed by atoms with Crippen LogP contribution in [0.3, 0.4) is 0 Å². The Kier molecular flexibility index (Phi) is 23.4. The van der Waals surface area contributed by atoms with Crippen LogP contribution >= 0.6 is 0 Å². The van der Waals surface area contributed by atoms with Gasteiger partial charge < -0.3 is 26.2 Å². The Bertz CT molecular complexity index is 583. The highest BCUT2D eigenvalue weighted by molar-refractivity contribution is 6.81. The van der Waals surface area contributed by atoms with Gasteiger partial charge in [-0.15, -0.1) is 0 Å². The number of unbranched alkanes of at least 4 members (excludes halogenated alkanes) is 14. The smallest absolute Gasteiger partial charge is 0.371 e. The molecular formula is C31H60ClNO2Si. The lowest BCUT2D eigenvalue weighted by molar-refractivity contribution is -0.886. The van der Waals surface area contributed by atoms with Crippen molar-refractivity contribution in [1.29, 1.82) is 0 Å². The molecule has 0 aromatic heterocycles. The Morgan fingerprint density at radius 1 is 0.639 bits per heavy atom. The number of hydrogen-bond acceptors (Lipinski definition) is 2. The molecule has 0 saturated heterocycles. The van der Waals surface area contributed by atoms with Crippen LogP contribution in [-0.4, -0.2) is 42.9 Å². The summed E-state index contributed by atoms with van der Waals surface area (Å²) in [5.74, 6) is 0. The van der Waals surface area contributed by atoms with Gasteiger partial charge in [0, 0.05) is 14.2 Å². The lowest BCUT2D eigenvalue weighted by Gasteiger charge is -2.29. The highest BCUT2D eigenvalue weighted by Crippen LogP contribution is 2.19. The van der Waals surface area contributed by atoms with E-state index in [0.29, 0.717) is 0 Å². The number of hydrogen-bond donors (Lipinski definition) is 1. The third kappa shape index (κ3) is 15.8. The van der Waals surface area contributed by atoms with Gasteiger partial charge in [0.15, 0.2) is 0 Å². The molecule has 0 aliphatic carbocycles. The average molecular weight is 542 g/mol. The van der Waals surface area contributed by atoms with Crippen LogP contribution in [0.25, 0.3) is 0 Å². The highest BCUT2D eigenvalue weighted by atomic mass is 35.5. The lowest BCUT2D eigenvalue weighted by Crippen LogP contribution is -3.10. The molecule has 5 heteroatoms. The summed E-state index contributed by atoms with van der Waals surface area (Å²) in [5, 5.41) is 1.25. The molecule has 0 saturated carbocycles. The van der Waals surface area contributed by atoms with Gasteiger partial charge in [0.05, 0.1) is 20.1 Å². The number of nitrogens with one attached hydrogen (secondary N) is 1. The largest absolute Gasteiger partial charge is 1.00 e. The second-order valence-corrected chi connectivity index (χ2v) is 14.3. The van der Waals surface area contributed by atoms with Crippen molar-refractivity contribution < 1.29 is 26.2 Å². The maximum Gasteiger partial charge on any atom is 0.371 e. The maximum absolute atomic E-state index is 6.02. The zero-order valence-electron chi connectivity index (χ0n) is 24.6. The molecule has 1 aromatic carbocycles. The van der Waals surface area contributed by atoms with Gasteiger partial charge in [-0.1, -0.05) is 127 Å². The Labute approximate surface area is 232 Å². The van der Waals surface area contributed by atoms with Gasteiger partial charge >= 0.3 is 8.56 Å². The predicted molar refractivity (Wildman–Crippen MR) is 156 cm³/mol. The first-order valence-corrected chi connectivity index (χ1v) is 17.1. The molecule has 1 aromatic rings. The molecule has 1 atom stereocenters. The molecule has 0 amide bonds. The van der Waals surface area contributed by atoms with Crippen LogP contribution in [0.15, 0.2) is 30.3 Å². The van der Waals surface area contributed by atoms with E-state index < -0.39 is 8.56 Å². The Morgan fingerprint density at radius 3 is 1.47 bits per heavy atom. The number of quaternary nitrogens is 1. The van der Waals surface area contributed by atoms with Crippen molar-refractivity contribution in [1.82, 2.24) is 0 Å². The maximum atomic E-state index is 6.02. The van der Waals surface area contributed by atoms with E-state index in [4.69, 9.17) is 8.85 Å². The monoisotopic (exact) mass is 541 g/mol. The molecule has 0 aliphatic rings. The SMILES string of the molecule is CCCCCCCCCCCCCCCCCC(CCC[Si](OC)(OC)c1ccccc1)[NH+](C)C.[Cl-]. The van der Waals surface area contributed by atoms with Crippen molar-refractivity contribution in [3.05, 3.63) is 30.3 Å². The summed E-state index contributed by atoms with van der Waals surface area (Å²) < 4.78 is 12.0. The Morgan fingerprint density at radius 2 is 1.06 bits per heavy atom. The van der Waals surface area contributed by atoms with Gasteiger partial charge in [-0.3, -0.25) is 0 Å². The van der Waals surface area contributed by atoms with Crippen LogP contribution in [0, 0.1) is 0 Å².